The highest BCUT2D eigenvalue weighted by molar-refractivity contribution is 7.84. The zero-order chi connectivity index (χ0) is 11.2. The van der Waals surface area contributed by atoms with Crippen molar-refractivity contribution in [3.63, 3.8) is 0 Å². The second-order valence-corrected chi connectivity index (χ2v) is 7.13. The van der Waals surface area contributed by atoms with Crippen LogP contribution in [0.25, 0.3) is 0 Å². The molecule has 3 nitrogen and oxygen atoms in total. The number of nitrogens with zero attached hydrogens (tertiary/aromatic N) is 1. The maximum Gasteiger partial charge on any atom is 0.108 e. The summed E-state index contributed by atoms with van der Waals surface area (Å²) >= 11 is 4.35. The average Bonchev–Trinajstić information content (AvgIpc) is 2.17. The molecule has 0 aromatic heterocycles. The first-order chi connectivity index (χ1) is 6.51. The number of hydrogen-bond acceptors (Lipinski definition) is 4. The molecule has 0 radical (unpaired) electrons. The molecule has 1 atom stereocenters. The topological polar surface area (TPSA) is 64.2 Å². The number of thiol groups is 1. The van der Waals surface area contributed by atoms with E-state index in [0.717, 1.165) is 6.42 Å². The largest absolute Gasteiger partial charge is 0.518 e. The van der Waals surface area contributed by atoms with Crippen molar-refractivity contribution in [2.75, 3.05) is 6.61 Å². The van der Waals surface area contributed by atoms with Crippen molar-refractivity contribution in [3.8, 4) is 6.07 Å². The lowest BCUT2D eigenvalue weighted by Crippen LogP contribution is -2.36. The third-order valence-electron chi connectivity index (χ3n) is 2.20. The number of aliphatic hydroxyl groups excluding tert-OH is 2. The lowest BCUT2D eigenvalue weighted by atomic mass is 10.2. The van der Waals surface area contributed by atoms with Crippen LogP contribution in [0, 0.1) is 11.3 Å². The molecule has 0 aliphatic rings. The van der Waals surface area contributed by atoms with Crippen LogP contribution in [-0.2, 0) is 0 Å². The highest BCUT2D eigenvalue weighted by Gasteiger charge is 2.29. The van der Waals surface area contributed by atoms with E-state index in [-0.39, 0.29) is 18.4 Å². The minimum atomic E-state index is -1.37. The fraction of sp³-hybridized carbons (Fsp3) is 0.778. The molecule has 0 spiro atoms. The van der Waals surface area contributed by atoms with Gasteiger partial charge in [-0.3, -0.25) is 0 Å². The van der Waals surface area contributed by atoms with E-state index in [2.05, 4.69) is 18.7 Å². The van der Waals surface area contributed by atoms with Gasteiger partial charge in [0.05, 0.1) is 19.8 Å². The molecule has 0 rings (SSSR count). The van der Waals surface area contributed by atoms with E-state index in [9.17, 15) is 5.11 Å². The molecule has 0 aliphatic carbocycles. The molecule has 1 unspecified atom stereocenters. The van der Waals surface area contributed by atoms with E-state index in [1.807, 2.05) is 13.5 Å². The second-order valence-electron chi connectivity index (χ2n) is 3.27. The van der Waals surface area contributed by atoms with Crippen molar-refractivity contribution >= 4 is 26.4 Å². The Morgan fingerprint density at radius 2 is 2.21 bits per heavy atom. The van der Waals surface area contributed by atoms with Gasteiger partial charge >= 0.3 is 0 Å². The van der Waals surface area contributed by atoms with Crippen molar-refractivity contribution in [2.24, 2.45) is 0 Å². The monoisotopic (exact) mass is 231 g/mol. The second kappa shape index (κ2) is 6.22. The standard InChI is InChI=1S/C9H17NO2SSi/c1-3-5-9(13,7-10)14(2)8(12)4-6-11/h11-13H,3-6H2,1-2H3/b14-8-. The first kappa shape index (κ1) is 13.7. The van der Waals surface area contributed by atoms with Gasteiger partial charge in [-0.2, -0.15) is 17.9 Å². The molecule has 0 saturated carbocycles. The Kier molecular flexibility index (Phi) is 6.08. The summed E-state index contributed by atoms with van der Waals surface area (Å²) in [4.78, 5) is 0. The summed E-state index contributed by atoms with van der Waals surface area (Å²) in [7, 11) is -1.37. The van der Waals surface area contributed by atoms with Crippen LogP contribution < -0.4 is 0 Å². The third kappa shape index (κ3) is 3.44. The molecule has 0 amide bonds. The summed E-state index contributed by atoms with van der Waals surface area (Å²) in [6.45, 7) is 3.78. The number of hydrogen-bond donors (Lipinski definition) is 3. The Balaban J connectivity index is 4.86. The van der Waals surface area contributed by atoms with Crippen molar-refractivity contribution in [1.82, 2.24) is 0 Å². The van der Waals surface area contributed by atoms with Gasteiger partial charge in [0.15, 0.2) is 0 Å². The maximum atomic E-state index is 9.61. The van der Waals surface area contributed by atoms with E-state index in [1.54, 1.807) is 0 Å². The van der Waals surface area contributed by atoms with Crippen LogP contribution in [0.1, 0.15) is 26.2 Å². The molecule has 0 aromatic rings. The van der Waals surface area contributed by atoms with E-state index < -0.39 is 12.8 Å². The van der Waals surface area contributed by atoms with Gasteiger partial charge in [-0.05, 0) is 6.42 Å². The van der Waals surface area contributed by atoms with Crippen molar-refractivity contribution < 1.29 is 10.2 Å². The normalized spacial score (nSPS) is 16.8. The van der Waals surface area contributed by atoms with Crippen LogP contribution in [0.3, 0.4) is 0 Å². The van der Waals surface area contributed by atoms with Crippen molar-refractivity contribution in [3.05, 3.63) is 0 Å². The smallest absolute Gasteiger partial charge is 0.108 e. The fourth-order valence-corrected chi connectivity index (χ4v) is 3.59. The molecule has 14 heavy (non-hydrogen) atoms. The van der Waals surface area contributed by atoms with Gasteiger partial charge < -0.3 is 10.2 Å². The molecule has 0 heterocycles. The highest BCUT2D eigenvalue weighted by atomic mass is 32.1. The molecular weight excluding hydrogens is 214 g/mol. The zero-order valence-electron chi connectivity index (χ0n) is 8.62. The Morgan fingerprint density at radius 1 is 1.64 bits per heavy atom. The van der Waals surface area contributed by atoms with Gasteiger partial charge in [0.25, 0.3) is 0 Å². The lowest BCUT2D eigenvalue weighted by molar-refractivity contribution is 0.300. The van der Waals surface area contributed by atoms with Crippen LogP contribution in [0.15, 0.2) is 0 Å². The zero-order valence-corrected chi connectivity index (χ0v) is 10.5. The Hall–Kier alpha value is -0.313. The fourth-order valence-electron chi connectivity index (χ4n) is 1.22. The maximum absolute atomic E-state index is 9.61. The van der Waals surface area contributed by atoms with Crippen LogP contribution in [0.5, 0.6) is 0 Å². The Morgan fingerprint density at radius 3 is 2.57 bits per heavy atom. The van der Waals surface area contributed by atoms with Crippen LogP contribution in [0.4, 0.5) is 0 Å². The molecule has 2 N–H and O–H groups in total. The molecule has 0 bridgehead atoms. The summed E-state index contributed by atoms with van der Waals surface area (Å²) < 4.78 is -0.724. The van der Waals surface area contributed by atoms with Gasteiger partial charge in [0, 0.05) is 13.0 Å². The van der Waals surface area contributed by atoms with E-state index in [0.29, 0.717) is 6.42 Å². The van der Waals surface area contributed by atoms with Gasteiger partial charge in [0.2, 0.25) is 0 Å². The van der Waals surface area contributed by atoms with Crippen molar-refractivity contribution in [1.29, 1.82) is 5.26 Å². The number of nitriles is 1. The van der Waals surface area contributed by atoms with Gasteiger partial charge in [-0.25, -0.2) is 0 Å². The van der Waals surface area contributed by atoms with Crippen molar-refractivity contribution in [2.45, 2.75) is 37.1 Å². The van der Waals surface area contributed by atoms with Gasteiger partial charge in [-0.1, -0.05) is 19.9 Å². The molecule has 80 valence electrons. The molecular formula is C9H17NO2SSi. The Labute approximate surface area is 92.0 Å². The number of aliphatic hydroxyl groups is 2. The summed E-state index contributed by atoms with van der Waals surface area (Å²) in [5.41, 5.74) is 0. The van der Waals surface area contributed by atoms with E-state index in [1.165, 1.54) is 0 Å². The minimum absolute atomic E-state index is 0.0742. The Bertz CT molecular complexity index is 262. The summed E-state index contributed by atoms with van der Waals surface area (Å²) in [6, 6.07) is 2.17. The van der Waals surface area contributed by atoms with Gasteiger partial charge in [0.1, 0.15) is 4.37 Å². The lowest BCUT2D eigenvalue weighted by Gasteiger charge is -2.21. The van der Waals surface area contributed by atoms with Gasteiger partial charge in [-0.15, -0.1) is 0 Å². The quantitative estimate of drug-likeness (QED) is 0.490. The first-order valence-electron chi connectivity index (χ1n) is 4.65. The molecule has 5 heteroatoms. The molecule has 0 fully saturated rings. The average molecular weight is 231 g/mol. The minimum Gasteiger partial charge on any atom is -0.518 e. The van der Waals surface area contributed by atoms with Crippen LogP contribution >= 0.6 is 12.6 Å². The summed E-state index contributed by atoms with van der Waals surface area (Å²) in [6.07, 6.45) is 1.80. The SMILES string of the molecule is CCCC(S)(C#N)/[Si](C)=C(\O)CCO. The van der Waals surface area contributed by atoms with E-state index in [4.69, 9.17) is 10.4 Å². The highest BCUT2D eigenvalue weighted by Crippen LogP contribution is 2.21. The van der Waals surface area contributed by atoms with E-state index >= 15 is 0 Å². The predicted octanol–water partition coefficient (Wildman–Crippen LogP) is 1.11. The summed E-state index contributed by atoms with van der Waals surface area (Å²) in [5, 5.41) is 27.6. The van der Waals surface area contributed by atoms with Crippen LogP contribution in [-0.4, -0.2) is 35.0 Å². The predicted molar refractivity (Wildman–Crippen MR) is 62.5 cm³/mol. The number of rotatable bonds is 5. The van der Waals surface area contributed by atoms with Crippen LogP contribution in [0.2, 0.25) is 6.55 Å². The third-order valence-corrected chi connectivity index (χ3v) is 6.25. The first-order valence-corrected chi connectivity index (χ1v) is 7.10. The summed E-state index contributed by atoms with van der Waals surface area (Å²) in [5.74, 6) is 0. The molecule has 0 saturated heterocycles. The molecule has 0 aromatic carbocycles. The molecule has 0 aliphatic heterocycles.